The van der Waals surface area contributed by atoms with Crippen molar-refractivity contribution in [3.63, 3.8) is 0 Å². The van der Waals surface area contributed by atoms with Crippen molar-refractivity contribution in [2.45, 2.75) is 63.2 Å². The molecule has 1 aliphatic rings. The maximum atomic E-state index is 14.0. The van der Waals surface area contributed by atoms with Crippen LogP contribution in [0.25, 0.3) is 0 Å². The van der Waals surface area contributed by atoms with E-state index in [1.54, 1.807) is 19.1 Å². The Balaban J connectivity index is 2.05. The Labute approximate surface area is 137 Å². The molecule has 23 heavy (non-hydrogen) atoms. The molecule has 1 fully saturated rings. The summed E-state index contributed by atoms with van der Waals surface area (Å²) in [7, 11) is 4.12. The van der Waals surface area contributed by atoms with E-state index in [2.05, 4.69) is 24.3 Å². The fourth-order valence-electron chi connectivity index (χ4n) is 3.35. The summed E-state index contributed by atoms with van der Waals surface area (Å²) in [4.78, 5) is 2.20. The second-order valence-corrected chi connectivity index (χ2v) is 6.67. The lowest BCUT2D eigenvalue weighted by atomic mass is 10.0. The van der Waals surface area contributed by atoms with Crippen molar-refractivity contribution < 1.29 is 13.2 Å². The second kappa shape index (κ2) is 7.56. The van der Waals surface area contributed by atoms with Gasteiger partial charge < -0.3 is 10.2 Å². The van der Waals surface area contributed by atoms with Crippen LogP contribution < -0.4 is 5.32 Å². The third kappa shape index (κ3) is 4.19. The van der Waals surface area contributed by atoms with Crippen LogP contribution >= 0.6 is 0 Å². The van der Waals surface area contributed by atoms with Crippen LogP contribution in [-0.2, 0) is 5.92 Å². The van der Waals surface area contributed by atoms with Crippen LogP contribution in [0.3, 0.4) is 0 Å². The zero-order chi connectivity index (χ0) is 17.0. The quantitative estimate of drug-likeness (QED) is 0.772. The van der Waals surface area contributed by atoms with Gasteiger partial charge in [-0.2, -0.15) is 8.78 Å². The van der Waals surface area contributed by atoms with Gasteiger partial charge in [0.15, 0.2) is 6.17 Å². The summed E-state index contributed by atoms with van der Waals surface area (Å²) in [5, 5.41) is 3.43. The molecule has 3 unspecified atom stereocenters. The van der Waals surface area contributed by atoms with Crippen LogP contribution in [0.1, 0.15) is 44.6 Å². The summed E-state index contributed by atoms with van der Waals surface area (Å²) in [6, 6.07) is 6.72. The molecule has 0 spiro atoms. The molecule has 0 radical (unpaired) electrons. The number of nitrogens with zero attached hydrogens (tertiary/aromatic N) is 1. The zero-order valence-electron chi connectivity index (χ0n) is 14.2. The first-order valence-electron chi connectivity index (χ1n) is 8.41. The average Bonchev–Trinajstić information content (AvgIpc) is 2.96. The number of anilines is 1. The lowest BCUT2D eigenvalue weighted by Crippen LogP contribution is -2.39. The number of nitrogens with one attached hydrogen (secondary N) is 1. The smallest absolute Gasteiger partial charge is 0.303 e. The maximum absolute atomic E-state index is 14.0. The molecule has 3 atom stereocenters. The first-order valence-corrected chi connectivity index (χ1v) is 8.41. The van der Waals surface area contributed by atoms with Crippen LogP contribution in [0.5, 0.6) is 0 Å². The highest BCUT2D eigenvalue weighted by Gasteiger charge is 2.41. The van der Waals surface area contributed by atoms with Crippen LogP contribution in [0.2, 0.25) is 0 Å². The number of hydrogen-bond donors (Lipinski definition) is 1. The minimum Gasteiger partial charge on any atom is -0.381 e. The fraction of sp³-hybridized carbons (Fsp3) is 0.667. The molecule has 1 aromatic rings. The lowest BCUT2D eigenvalue weighted by Gasteiger charge is -2.28. The highest BCUT2D eigenvalue weighted by Crippen LogP contribution is 2.36. The minimum absolute atomic E-state index is 0.125. The first-order chi connectivity index (χ1) is 10.9. The van der Waals surface area contributed by atoms with Gasteiger partial charge in [0.1, 0.15) is 0 Å². The van der Waals surface area contributed by atoms with Crippen molar-refractivity contribution in [2.75, 3.05) is 19.4 Å². The van der Waals surface area contributed by atoms with Crippen LogP contribution in [-0.4, -0.2) is 37.3 Å². The molecule has 5 heteroatoms. The summed E-state index contributed by atoms with van der Waals surface area (Å²) in [6.07, 6.45) is 1.53. The molecule has 130 valence electrons. The molecule has 1 aliphatic carbocycles. The summed E-state index contributed by atoms with van der Waals surface area (Å²) in [5.41, 5.74) is 0.564. The third-order valence-corrected chi connectivity index (χ3v) is 4.70. The van der Waals surface area contributed by atoms with Crippen molar-refractivity contribution in [1.29, 1.82) is 0 Å². The van der Waals surface area contributed by atoms with Gasteiger partial charge >= 0.3 is 5.92 Å². The molecule has 1 N–H and O–H groups in total. The van der Waals surface area contributed by atoms with E-state index < -0.39 is 12.1 Å². The molecule has 0 aliphatic heterocycles. The zero-order valence-corrected chi connectivity index (χ0v) is 14.2. The van der Waals surface area contributed by atoms with Gasteiger partial charge in [-0.15, -0.1) is 0 Å². The van der Waals surface area contributed by atoms with Gasteiger partial charge in [-0.3, -0.25) is 0 Å². The average molecular weight is 328 g/mol. The molecule has 0 saturated heterocycles. The molecule has 0 amide bonds. The highest BCUT2D eigenvalue weighted by molar-refractivity contribution is 5.47. The number of likely N-dealkylation sites (N-methyl/N-ethyl adjacent to an activating group) is 1. The van der Waals surface area contributed by atoms with Crippen molar-refractivity contribution in [3.05, 3.63) is 29.8 Å². The molecule has 0 heterocycles. The number of alkyl halides is 3. The first kappa shape index (κ1) is 18.1. The lowest BCUT2D eigenvalue weighted by molar-refractivity contribution is -0.0817. The van der Waals surface area contributed by atoms with Gasteiger partial charge in [-0.05, 0) is 51.9 Å². The largest absolute Gasteiger partial charge is 0.381 e. The van der Waals surface area contributed by atoms with Gasteiger partial charge in [-0.25, -0.2) is 4.39 Å². The Morgan fingerprint density at radius 3 is 2.43 bits per heavy atom. The van der Waals surface area contributed by atoms with Gasteiger partial charge in [0.05, 0.1) is 0 Å². The molecular weight excluding hydrogens is 301 g/mol. The van der Waals surface area contributed by atoms with E-state index >= 15 is 0 Å². The van der Waals surface area contributed by atoms with E-state index in [1.807, 2.05) is 0 Å². The Bertz CT molecular complexity index is 488. The van der Waals surface area contributed by atoms with E-state index in [0.717, 1.165) is 24.9 Å². The number of hydrogen-bond acceptors (Lipinski definition) is 2. The summed E-state index contributed by atoms with van der Waals surface area (Å²) in [5.74, 6) is -3.42. The Kier molecular flexibility index (Phi) is 5.95. The fourth-order valence-corrected chi connectivity index (χ4v) is 3.35. The predicted octanol–water partition coefficient (Wildman–Crippen LogP) is 4.81. The van der Waals surface area contributed by atoms with Crippen molar-refractivity contribution in [3.8, 4) is 0 Å². The van der Waals surface area contributed by atoms with Gasteiger partial charge in [-0.1, -0.05) is 25.5 Å². The van der Waals surface area contributed by atoms with Gasteiger partial charge in [0, 0.05) is 23.3 Å². The second-order valence-electron chi connectivity index (χ2n) is 6.67. The summed E-state index contributed by atoms with van der Waals surface area (Å²) in [6.45, 7) is 1.71. The van der Waals surface area contributed by atoms with Crippen LogP contribution in [0.15, 0.2) is 24.3 Å². The van der Waals surface area contributed by atoms with E-state index in [1.165, 1.54) is 12.1 Å². The van der Waals surface area contributed by atoms with Crippen molar-refractivity contribution >= 4 is 5.69 Å². The Morgan fingerprint density at radius 2 is 1.87 bits per heavy atom. The topological polar surface area (TPSA) is 15.3 Å². The Hall–Kier alpha value is -1.23. The van der Waals surface area contributed by atoms with Gasteiger partial charge in [0.25, 0.3) is 0 Å². The molecule has 2 nitrogen and oxygen atoms in total. The monoisotopic (exact) mass is 328 g/mol. The molecule has 0 aromatic heterocycles. The molecule has 1 aromatic carbocycles. The van der Waals surface area contributed by atoms with Gasteiger partial charge in [0.2, 0.25) is 0 Å². The predicted molar refractivity (Wildman–Crippen MR) is 88.9 cm³/mol. The Morgan fingerprint density at radius 1 is 1.22 bits per heavy atom. The normalized spacial score (nSPS) is 23.3. The van der Waals surface area contributed by atoms with Crippen LogP contribution in [0.4, 0.5) is 18.9 Å². The van der Waals surface area contributed by atoms with Crippen molar-refractivity contribution in [1.82, 2.24) is 4.90 Å². The maximum Gasteiger partial charge on any atom is 0.303 e. The molecular formula is C18H27F3N2. The van der Waals surface area contributed by atoms with E-state index in [4.69, 9.17) is 0 Å². The number of halogens is 3. The van der Waals surface area contributed by atoms with Crippen molar-refractivity contribution in [2.24, 2.45) is 0 Å². The molecule has 0 bridgehead atoms. The standard InChI is InChI=1S/C18H27F3N2/c1-4-6-17(19)18(20,21)13-9-11-14(12-10-13)22-15-7-5-8-16(15)23(2)3/h9-12,15-17,22H,4-8H2,1-3H3. The minimum atomic E-state index is -3.42. The molecule has 2 rings (SSSR count). The third-order valence-electron chi connectivity index (χ3n) is 4.70. The van der Waals surface area contributed by atoms with E-state index in [0.29, 0.717) is 18.5 Å². The van der Waals surface area contributed by atoms with Crippen LogP contribution in [0, 0.1) is 0 Å². The highest BCUT2D eigenvalue weighted by atomic mass is 19.3. The van der Waals surface area contributed by atoms with E-state index in [9.17, 15) is 13.2 Å². The SMILES string of the molecule is CCCC(F)C(F)(F)c1ccc(NC2CCCC2N(C)C)cc1. The number of rotatable bonds is 7. The summed E-state index contributed by atoms with van der Waals surface area (Å²) >= 11 is 0. The van der Waals surface area contributed by atoms with E-state index in [-0.39, 0.29) is 12.0 Å². The number of benzene rings is 1. The summed E-state index contributed by atoms with van der Waals surface area (Å²) < 4.78 is 41.7. The molecule has 1 saturated carbocycles.